The Morgan fingerprint density at radius 2 is 1.45 bits per heavy atom. The second-order valence-corrected chi connectivity index (χ2v) is 4.20. The Hall–Kier alpha value is -0.886. The van der Waals surface area contributed by atoms with E-state index >= 15 is 0 Å². The first-order valence-electron chi connectivity index (χ1n) is 5.71. The second-order valence-electron chi connectivity index (χ2n) is 4.20. The molecule has 0 amide bonds. The minimum Gasteiger partial charge on any atom is -1.00 e. The van der Waals surface area contributed by atoms with E-state index in [1.165, 1.54) is 11.1 Å². The number of hydrogen-bond donors (Lipinski definition) is 0. The summed E-state index contributed by atoms with van der Waals surface area (Å²) < 4.78 is 0. The standard InChI is InChI=1S/C15H16N2.2ClH.Ni/c1-11-6-4-7-12(2)15(11)16-10-14-9-5-8-13(3)17-14;;;/h4-10H,1-3H3;2*1H;/q;;;+2/p-2. The maximum absolute atomic E-state index is 4.53. The quantitative estimate of drug-likeness (QED) is 0.443. The maximum atomic E-state index is 4.53. The molecule has 0 aliphatic rings. The van der Waals surface area contributed by atoms with Crippen LogP contribution < -0.4 is 24.8 Å². The van der Waals surface area contributed by atoms with Gasteiger partial charge in [0, 0.05) is 5.69 Å². The van der Waals surface area contributed by atoms with Crippen molar-refractivity contribution in [2.24, 2.45) is 4.99 Å². The number of nitrogens with zero attached hydrogens (tertiary/aromatic N) is 2. The Kier molecular flexibility index (Phi) is 10.6. The van der Waals surface area contributed by atoms with Gasteiger partial charge in [-0.2, -0.15) is 0 Å². The van der Waals surface area contributed by atoms with Crippen LogP contribution in [0.3, 0.4) is 0 Å². The van der Waals surface area contributed by atoms with E-state index in [1.54, 1.807) is 0 Å². The molecule has 1 heterocycles. The van der Waals surface area contributed by atoms with Crippen LogP contribution in [0.25, 0.3) is 0 Å². The first-order chi connectivity index (χ1) is 8.16. The number of pyridine rings is 1. The molecule has 2 aromatic rings. The molecule has 0 saturated carbocycles. The van der Waals surface area contributed by atoms with Gasteiger partial charge in [0.2, 0.25) is 0 Å². The third-order valence-corrected chi connectivity index (χ3v) is 2.68. The average Bonchev–Trinajstić information content (AvgIpc) is 2.28. The van der Waals surface area contributed by atoms with Gasteiger partial charge in [-0.15, -0.1) is 0 Å². The summed E-state index contributed by atoms with van der Waals surface area (Å²) in [6, 6.07) is 12.1. The van der Waals surface area contributed by atoms with E-state index in [4.69, 9.17) is 0 Å². The van der Waals surface area contributed by atoms with Crippen molar-refractivity contribution < 1.29 is 41.3 Å². The fourth-order valence-corrected chi connectivity index (χ4v) is 1.78. The van der Waals surface area contributed by atoms with E-state index in [-0.39, 0.29) is 41.3 Å². The molecular formula is C15H16Cl2N2Ni. The molecule has 20 heavy (non-hydrogen) atoms. The third-order valence-electron chi connectivity index (χ3n) is 2.68. The fourth-order valence-electron chi connectivity index (χ4n) is 1.78. The van der Waals surface area contributed by atoms with Crippen LogP contribution in [0.5, 0.6) is 0 Å². The molecular weight excluding hydrogens is 338 g/mol. The van der Waals surface area contributed by atoms with Crippen LogP contribution in [0.15, 0.2) is 41.4 Å². The summed E-state index contributed by atoms with van der Waals surface area (Å²) in [6.07, 6.45) is 1.82. The SMILES string of the molecule is Cc1cccc(C=Nc2c(C)cccc2C)n1.[Cl-].[Cl-].[Ni+2]. The first-order valence-corrected chi connectivity index (χ1v) is 5.71. The van der Waals surface area contributed by atoms with Gasteiger partial charge in [0.25, 0.3) is 0 Å². The molecule has 0 fully saturated rings. The number of hydrogen-bond acceptors (Lipinski definition) is 2. The molecule has 2 rings (SSSR count). The molecule has 0 aliphatic heterocycles. The molecule has 5 heteroatoms. The van der Waals surface area contributed by atoms with Gasteiger partial charge in [0.15, 0.2) is 0 Å². The molecule has 0 spiro atoms. The van der Waals surface area contributed by atoms with Crippen LogP contribution in [0, 0.1) is 20.8 Å². The molecule has 0 N–H and O–H groups in total. The number of aryl methyl sites for hydroxylation is 3. The van der Waals surface area contributed by atoms with Gasteiger partial charge in [0.1, 0.15) is 0 Å². The number of rotatable bonds is 2. The van der Waals surface area contributed by atoms with Crippen LogP contribution in [0.1, 0.15) is 22.5 Å². The van der Waals surface area contributed by atoms with Gasteiger partial charge in [-0.3, -0.25) is 9.98 Å². The molecule has 1 aromatic carbocycles. The number of aromatic nitrogens is 1. The Morgan fingerprint density at radius 1 is 0.900 bits per heavy atom. The van der Waals surface area contributed by atoms with Crippen LogP contribution in [0.2, 0.25) is 0 Å². The van der Waals surface area contributed by atoms with Crippen LogP contribution >= 0.6 is 0 Å². The summed E-state index contributed by atoms with van der Waals surface area (Å²) in [6.45, 7) is 6.13. The number of aliphatic imine (C=N–C) groups is 1. The molecule has 0 atom stereocenters. The summed E-state index contributed by atoms with van der Waals surface area (Å²) >= 11 is 0. The zero-order valence-electron chi connectivity index (χ0n) is 11.5. The number of benzene rings is 1. The Labute approximate surface area is 142 Å². The van der Waals surface area contributed by atoms with Gasteiger partial charge in [-0.1, -0.05) is 24.3 Å². The number of para-hydroxylation sites is 1. The summed E-state index contributed by atoms with van der Waals surface area (Å²) in [5.41, 5.74) is 5.32. The smallest absolute Gasteiger partial charge is 1.00 e. The Bertz CT molecular complexity index is 551. The van der Waals surface area contributed by atoms with Gasteiger partial charge < -0.3 is 24.8 Å². The van der Waals surface area contributed by atoms with Gasteiger partial charge in [0.05, 0.1) is 17.6 Å². The van der Waals surface area contributed by atoms with E-state index in [2.05, 4.69) is 42.0 Å². The van der Waals surface area contributed by atoms with Gasteiger partial charge in [-0.25, -0.2) is 0 Å². The average molecular weight is 354 g/mol. The van der Waals surface area contributed by atoms with E-state index in [9.17, 15) is 0 Å². The summed E-state index contributed by atoms with van der Waals surface area (Å²) in [5, 5.41) is 0. The largest absolute Gasteiger partial charge is 2.00 e. The van der Waals surface area contributed by atoms with Crippen molar-refractivity contribution in [3.63, 3.8) is 0 Å². The summed E-state index contributed by atoms with van der Waals surface area (Å²) in [4.78, 5) is 8.93. The molecule has 0 saturated heterocycles. The predicted molar refractivity (Wildman–Crippen MR) is 72.1 cm³/mol. The second kappa shape index (κ2) is 9.93. The molecule has 110 valence electrons. The third kappa shape index (κ3) is 5.62. The van der Waals surface area contributed by atoms with Crippen molar-refractivity contribution >= 4 is 11.9 Å². The van der Waals surface area contributed by atoms with Crippen LogP contribution in [-0.4, -0.2) is 11.2 Å². The van der Waals surface area contributed by atoms with E-state index in [0.717, 1.165) is 17.1 Å². The number of halogens is 2. The topological polar surface area (TPSA) is 25.2 Å². The Morgan fingerprint density at radius 3 is 2.00 bits per heavy atom. The molecule has 1 aromatic heterocycles. The first kappa shape index (κ1) is 21.4. The molecule has 2 nitrogen and oxygen atoms in total. The summed E-state index contributed by atoms with van der Waals surface area (Å²) in [5.74, 6) is 0. The Balaban J connectivity index is 0. The molecule has 0 aliphatic carbocycles. The van der Waals surface area contributed by atoms with Crippen molar-refractivity contribution in [1.82, 2.24) is 4.98 Å². The van der Waals surface area contributed by atoms with E-state index in [1.807, 2.05) is 31.3 Å². The van der Waals surface area contributed by atoms with Gasteiger partial charge in [-0.05, 0) is 44.0 Å². The minimum atomic E-state index is 0. The fraction of sp³-hybridized carbons (Fsp3) is 0.200. The monoisotopic (exact) mass is 352 g/mol. The molecule has 0 bridgehead atoms. The van der Waals surface area contributed by atoms with E-state index < -0.39 is 0 Å². The predicted octanol–water partition coefficient (Wildman–Crippen LogP) is -2.24. The zero-order chi connectivity index (χ0) is 12.3. The molecule has 0 unspecified atom stereocenters. The molecule has 0 radical (unpaired) electrons. The van der Waals surface area contributed by atoms with Gasteiger partial charge >= 0.3 is 16.5 Å². The normalized spacial score (nSPS) is 9.35. The summed E-state index contributed by atoms with van der Waals surface area (Å²) in [7, 11) is 0. The van der Waals surface area contributed by atoms with Crippen LogP contribution in [0.4, 0.5) is 5.69 Å². The van der Waals surface area contributed by atoms with Crippen molar-refractivity contribution in [3.05, 3.63) is 58.9 Å². The maximum Gasteiger partial charge on any atom is 2.00 e. The zero-order valence-corrected chi connectivity index (χ0v) is 14.0. The minimum absolute atomic E-state index is 0. The van der Waals surface area contributed by atoms with Crippen molar-refractivity contribution in [2.45, 2.75) is 20.8 Å². The van der Waals surface area contributed by atoms with Crippen LogP contribution in [-0.2, 0) is 16.5 Å². The van der Waals surface area contributed by atoms with E-state index in [0.29, 0.717) is 0 Å². The van der Waals surface area contributed by atoms with Crippen molar-refractivity contribution in [1.29, 1.82) is 0 Å². The van der Waals surface area contributed by atoms with Crippen molar-refractivity contribution in [2.75, 3.05) is 0 Å². The van der Waals surface area contributed by atoms with Crippen molar-refractivity contribution in [3.8, 4) is 0 Å².